The van der Waals surface area contributed by atoms with Crippen LogP contribution in [0.15, 0.2) is 24.3 Å². The first-order valence-electron chi connectivity index (χ1n) is 7.56. The average molecular weight is 305 g/mol. The Morgan fingerprint density at radius 2 is 1.86 bits per heavy atom. The van der Waals surface area contributed by atoms with E-state index in [1.165, 1.54) is 0 Å². The second-order valence-corrected chi connectivity index (χ2v) is 6.79. The minimum absolute atomic E-state index is 0.0630. The molecule has 1 saturated carbocycles. The van der Waals surface area contributed by atoms with Crippen LogP contribution in [0.2, 0.25) is 0 Å². The Balaban J connectivity index is 2.00. The lowest BCUT2D eigenvalue weighted by atomic mass is 9.91. The van der Waals surface area contributed by atoms with Gasteiger partial charge >= 0.3 is 12.1 Å². The highest BCUT2D eigenvalue weighted by atomic mass is 16.6. The van der Waals surface area contributed by atoms with Crippen molar-refractivity contribution in [3.63, 3.8) is 0 Å². The molecule has 1 aliphatic rings. The van der Waals surface area contributed by atoms with Crippen molar-refractivity contribution in [2.24, 2.45) is 5.92 Å². The molecule has 1 aromatic rings. The molecule has 1 aliphatic carbocycles. The summed E-state index contributed by atoms with van der Waals surface area (Å²) in [6, 6.07) is 7.35. The summed E-state index contributed by atoms with van der Waals surface area (Å²) in [5, 5.41) is 11.7. The summed E-state index contributed by atoms with van der Waals surface area (Å²) in [4.78, 5) is 22.7. The Bertz CT molecular complexity index is 541. The summed E-state index contributed by atoms with van der Waals surface area (Å²) in [6.45, 7) is 5.42. The van der Waals surface area contributed by atoms with Crippen LogP contribution in [-0.2, 0) is 9.53 Å². The highest BCUT2D eigenvalue weighted by Crippen LogP contribution is 2.44. The molecular formula is C17H23NO4. The molecule has 5 nitrogen and oxygen atoms in total. The summed E-state index contributed by atoms with van der Waals surface area (Å²) in [5.74, 6) is -0.235. The van der Waals surface area contributed by atoms with Gasteiger partial charge in [0.1, 0.15) is 5.60 Å². The van der Waals surface area contributed by atoms with Gasteiger partial charge in [-0.3, -0.25) is 10.1 Å². The van der Waals surface area contributed by atoms with Crippen LogP contribution in [0.4, 0.5) is 10.5 Å². The van der Waals surface area contributed by atoms with Crippen LogP contribution in [0.25, 0.3) is 0 Å². The van der Waals surface area contributed by atoms with Gasteiger partial charge in [-0.1, -0.05) is 12.1 Å². The summed E-state index contributed by atoms with van der Waals surface area (Å²) < 4.78 is 5.19. The summed E-state index contributed by atoms with van der Waals surface area (Å²) in [5.41, 5.74) is 1.12. The zero-order valence-electron chi connectivity index (χ0n) is 13.3. The van der Waals surface area contributed by atoms with E-state index in [4.69, 9.17) is 9.84 Å². The molecule has 2 N–H and O–H groups in total. The first-order chi connectivity index (χ1) is 10.2. The number of amides is 1. The fraction of sp³-hybridized carbons (Fsp3) is 0.529. The average Bonchev–Trinajstić information content (AvgIpc) is 3.18. The maximum atomic E-state index is 11.7. The van der Waals surface area contributed by atoms with Gasteiger partial charge in [0.25, 0.3) is 0 Å². The number of carboxylic acid groups (broad SMARTS) is 1. The third-order valence-electron chi connectivity index (χ3n) is 3.57. The lowest BCUT2D eigenvalue weighted by Crippen LogP contribution is -2.27. The molecule has 22 heavy (non-hydrogen) atoms. The zero-order valence-corrected chi connectivity index (χ0v) is 13.3. The maximum absolute atomic E-state index is 11.7. The molecule has 0 aliphatic heterocycles. The van der Waals surface area contributed by atoms with Crippen LogP contribution in [-0.4, -0.2) is 22.8 Å². The van der Waals surface area contributed by atoms with Gasteiger partial charge in [-0.15, -0.1) is 0 Å². The van der Waals surface area contributed by atoms with E-state index >= 15 is 0 Å². The van der Waals surface area contributed by atoms with E-state index in [0.29, 0.717) is 11.6 Å². The normalized spacial score (nSPS) is 16.0. The van der Waals surface area contributed by atoms with Crippen LogP contribution in [0.1, 0.15) is 51.5 Å². The van der Waals surface area contributed by atoms with Crippen LogP contribution in [0, 0.1) is 5.92 Å². The monoisotopic (exact) mass is 305 g/mol. The Morgan fingerprint density at radius 1 is 1.27 bits per heavy atom. The molecule has 0 radical (unpaired) electrons. The largest absolute Gasteiger partial charge is 0.481 e. The van der Waals surface area contributed by atoms with Crippen molar-refractivity contribution in [1.82, 2.24) is 0 Å². The quantitative estimate of drug-likeness (QED) is 0.862. The number of anilines is 1. The fourth-order valence-corrected chi connectivity index (χ4v) is 2.48. The first kappa shape index (κ1) is 16.3. The van der Waals surface area contributed by atoms with Gasteiger partial charge in [-0.05, 0) is 63.1 Å². The van der Waals surface area contributed by atoms with Crippen molar-refractivity contribution in [1.29, 1.82) is 0 Å². The molecule has 1 unspecified atom stereocenters. The molecule has 1 atom stereocenters. The summed E-state index contributed by atoms with van der Waals surface area (Å²) in [7, 11) is 0. The van der Waals surface area contributed by atoms with Crippen molar-refractivity contribution < 1.29 is 19.4 Å². The minimum Gasteiger partial charge on any atom is -0.481 e. The van der Waals surface area contributed by atoms with Crippen LogP contribution in [0.5, 0.6) is 0 Å². The molecule has 1 aromatic carbocycles. The zero-order chi connectivity index (χ0) is 16.3. The van der Waals surface area contributed by atoms with Crippen LogP contribution >= 0.6 is 0 Å². The molecule has 120 valence electrons. The fourth-order valence-electron chi connectivity index (χ4n) is 2.48. The molecular weight excluding hydrogens is 282 g/mol. The summed E-state index contributed by atoms with van der Waals surface area (Å²) >= 11 is 0. The molecule has 0 aromatic heterocycles. The predicted octanol–water partition coefficient (Wildman–Crippen LogP) is 4.00. The molecule has 0 saturated heterocycles. The summed E-state index contributed by atoms with van der Waals surface area (Å²) in [6.07, 6.45) is 1.85. The van der Waals surface area contributed by atoms with E-state index < -0.39 is 17.7 Å². The van der Waals surface area contributed by atoms with E-state index in [2.05, 4.69) is 5.32 Å². The number of rotatable bonds is 5. The first-order valence-corrected chi connectivity index (χ1v) is 7.56. The van der Waals surface area contributed by atoms with Gasteiger partial charge in [0, 0.05) is 5.69 Å². The number of aliphatic carboxylic acids is 1. The third-order valence-corrected chi connectivity index (χ3v) is 3.57. The van der Waals surface area contributed by atoms with E-state index in [1.807, 2.05) is 32.9 Å². The molecule has 0 bridgehead atoms. The van der Waals surface area contributed by atoms with E-state index in [1.54, 1.807) is 12.1 Å². The number of carboxylic acids is 1. The molecule has 2 rings (SSSR count). The SMILES string of the molecule is CC(C)(C)OC(=O)Nc1ccc(C(CC(=O)O)C2CC2)cc1. The highest BCUT2D eigenvalue weighted by Gasteiger charge is 2.33. The number of nitrogens with one attached hydrogen (secondary N) is 1. The number of ether oxygens (including phenoxy) is 1. The van der Waals surface area contributed by atoms with Crippen molar-refractivity contribution >= 4 is 17.7 Å². The second kappa shape index (κ2) is 6.38. The molecule has 0 spiro atoms. The standard InChI is InChI=1S/C17H23NO4/c1-17(2,3)22-16(21)18-13-8-6-12(7-9-13)14(10-15(19)20)11-4-5-11/h6-9,11,14H,4-5,10H2,1-3H3,(H,18,21)(H,19,20). The lowest BCUT2D eigenvalue weighted by molar-refractivity contribution is -0.137. The lowest BCUT2D eigenvalue weighted by Gasteiger charge is -2.20. The predicted molar refractivity (Wildman–Crippen MR) is 84.0 cm³/mol. The van der Waals surface area contributed by atoms with E-state index in [0.717, 1.165) is 18.4 Å². The maximum Gasteiger partial charge on any atom is 0.412 e. The number of hydrogen-bond acceptors (Lipinski definition) is 3. The number of benzene rings is 1. The topological polar surface area (TPSA) is 75.6 Å². The smallest absolute Gasteiger partial charge is 0.412 e. The van der Waals surface area contributed by atoms with Crippen molar-refractivity contribution in [3.05, 3.63) is 29.8 Å². The van der Waals surface area contributed by atoms with Crippen LogP contribution in [0.3, 0.4) is 0 Å². The van der Waals surface area contributed by atoms with Crippen molar-refractivity contribution in [3.8, 4) is 0 Å². The molecule has 1 fully saturated rings. The molecule has 0 heterocycles. The van der Waals surface area contributed by atoms with Gasteiger partial charge in [-0.25, -0.2) is 4.79 Å². The Morgan fingerprint density at radius 3 is 2.32 bits per heavy atom. The highest BCUT2D eigenvalue weighted by molar-refractivity contribution is 5.84. The Labute approximate surface area is 130 Å². The van der Waals surface area contributed by atoms with Gasteiger partial charge in [-0.2, -0.15) is 0 Å². The molecule has 5 heteroatoms. The number of carbonyl (C=O) groups is 2. The van der Waals surface area contributed by atoms with Crippen molar-refractivity contribution in [2.75, 3.05) is 5.32 Å². The second-order valence-electron chi connectivity index (χ2n) is 6.79. The van der Waals surface area contributed by atoms with Crippen LogP contribution < -0.4 is 5.32 Å². The number of hydrogen-bond donors (Lipinski definition) is 2. The number of carbonyl (C=O) groups excluding carboxylic acids is 1. The third kappa shape index (κ3) is 5.06. The van der Waals surface area contributed by atoms with Crippen molar-refractivity contribution in [2.45, 2.75) is 51.6 Å². The van der Waals surface area contributed by atoms with Gasteiger partial charge in [0.15, 0.2) is 0 Å². The van der Waals surface area contributed by atoms with E-state index in [-0.39, 0.29) is 12.3 Å². The van der Waals surface area contributed by atoms with Gasteiger partial charge in [0.2, 0.25) is 0 Å². The minimum atomic E-state index is -0.771. The van der Waals surface area contributed by atoms with E-state index in [9.17, 15) is 9.59 Å². The Hall–Kier alpha value is -2.04. The van der Waals surface area contributed by atoms with Gasteiger partial charge < -0.3 is 9.84 Å². The van der Waals surface area contributed by atoms with Gasteiger partial charge in [0.05, 0.1) is 6.42 Å². The molecule has 1 amide bonds. The Kier molecular flexibility index (Phi) is 4.74.